The molecule has 27 heavy (non-hydrogen) atoms. The Morgan fingerprint density at radius 2 is 2.07 bits per heavy atom. The van der Waals surface area contributed by atoms with Crippen LogP contribution < -0.4 is 5.32 Å². The lowest BCUT2D eigenvalue weighted by Gasteiger charge is -2.49. The van der Waals surface area contributed by atoms with Crippen molar-refractivity contribution in [3.8, 4) is 0 Å². The molecule has 11 heteroatoms. The first kappa shape index (κ1) is 20.9. The predicted molar refractivity (Wildman–Crippen MR) is 103 cm³/mol. The third-order valence-electron chi connectivity index (χ3n) is 4.48. The molecule has 3 aliphatic rings. The van der Waals surface area contributed by atoms with Crippen molar-refractivity contribution in [3.05, 3.63) is 11.8 Å². The molecule has 0 aromatic rings. The first-order chi connectivity index (χ1) is 12.6. The highest BCUT2D eigenvalue weighted by molar-refractivity contribution is 8.00. The molecule has 0 aromatic heterocycles. The highest BCUT2D eigenvalue weighted by Gasteiger charge is 2.54. The van der Waals surface area contributed by atoms with Crippen LogP contribution in [0.25, 0.3) is 0 Å². The zero-order valence-corrected chi connectivity index (χ0v) is 17.7. The summed E-state index contributed by atoms with van der Waals surface area (Å²) >= 11 is 18.2. The molecule has 1 N–H and O–H groups in total. The molecule has 3 unspecified atom stereocenters. The number of carbonyl (C=O) groups excluding carboxylic acids is 3. The summed E-state index contributed by atoms with van der Waals surface area (Å²) in [4.78, 5) is 38.1. The van der Waals surface area contributed by atoms with Crippen molar-refractivity contribution >= 4 is 64.5 Å². The second-order valence-electron chi connectivity index (χ2n) is 6.75. The summed E-state index contributed by atoms with van der Waals surface area (Å²) < 4.78 is 8.54. The number of alkyl carbamates (subject to hydrolysis) is 1. The smallest absolute Gasteiger partial charge is 0.408 e. The van der Waals surface area contributed by atoms with E-state index in [9.17, 15) is 14.4 Å². The molecule has 2 amide bonds. The first-order valence-electron chi connectivity index (χ1n) is 8.48. The number of hydrogen-bond donors (Lipinski definition) is 1. The number of nitrogens with one attached hydrogen (secondary N) is 1. The van der Waals surface area contributed by atoms with Gasteiger partial charge in [0.15, 0.2) is 0 Å². The molecule has 0 bridgehead atoms. The maximum Gasteiger partial charge on any atom is 0.408 e. The third-order valence-corrected chi connectivity index (χ3v) is 6.13. The highest BCUT2D eigenvalue weighted by Crippen LogP contribution is 2.41. The molecule has 0 spiro atoms. The van der Waals surface area contributed by atoms with Gasteiger partial charge in [-0.3, -0.25) is 9.69 Å². The summed E-state index contributed by atoms with van der Waals surface area (Å²) in [6.07, 6.45) is 2.90. The normalized spacial score (nSPS) is 28.5. The molecule has 1 aliphatic carbocycles. The Hall–Kier alpha value is -0.830. The maximum atomic E-state index is 12.5. The van der Waals surface area contributed by atoms with E-state index in [4.69, 9.17) is 44.3 Å². The minimum absolute atomic E-state index is 0.0691. The summed E-state index contributed by atoms with van der Waals surface area (Å²) in [5, 5.41) is 2.11. The van der Waals surface area contributed by atoms with Gasteiger partial charge in [0, 0.05) is 5.25 Å². The fourth-order valence-electron chi connectivity index (χ4n) is 2.93. The number of amides is 2. The lowest BCUT2D eigenvalue weighted by Crippen LogP contribution is -2.70. The average Bonchev–Trinajstić information content (AvgIpc) is 3.41. The van der Waals surface area contributed by atoms with E-state index >= 15 is 0 Å². The molecule has 2 heterocycles. The molecule has 1 saturated heterocycles. The van der Waals surface area contributed by atoms with Gasteiger partial charge in [0.1, 0.15) is 29.8 Å². The number of thioether (sulfide) groups is 1. The van der Waals surface area contributed by atoms with Crippen LogP contribution in [0.1, 0.15) is 26.7 Å². The maximum absolute atomic E-state index is 12.5. The van der Waals surface area contributed by atoms with Crippen molar-refractivity contribution in [2.24, 2.45) is 5.92 Å². The van der Waals surface area contributed by atoms with E-state index in [0.29, 0.717) is 5.92 Å². The van der Waals surface area contributed by atoms with E-state index in [1.807, 2.05) is 13.8 Å². The molecule has 2 fully saturated rings. The molecule has 7 nitrogen and oxygen atoms in total. The number of β-lactam (4-membered cyclic amide) rings is 1. The number of carbonyl (C=O) groups is 3. The molecule has 0 aromatic carbocycles. The SMILES string of the molecule is CC1C=C(C(=O)OCC(Cl)(Cl)Cl)N2C(=O)C(NC(=O)OC(C)C3CC3)[C@@H]2S1. The van der Waals surface area contributed by atoms with E-state index in [-0.39, 0.29) is 17.1 Å². The molecule has 3 rings (SSSR count). The number of alkyl halides is 3. The van der Waals surface area contributed by atoms with E-state index in [1.54, 1.807) is 6.08 Å². The van der Waals surface area contributed by atoms with Crippen LogP contribution in [-0.2, 0) is 19.1 Å². The van der Waals surface area contributed by atoms with Gasteiger partial charge in [-0.15, -0.1) is 11.8 Å². The molecule has 150 valence electrons. The van der Waals surface area contributed by atoms with E-state index in [0.717, 1.165) is 12.8 Å². The van der Waals surface area contributed by atoms with E-state index in [2.05, 4.69) is 5.32 Å². The summed E-state index contributed by atoms with van der Waals surface area (Å²) in [5.41, 5.74) is 0.0864. The topological polar surface area (TPSA) is 84.9 Å². The molecular formula is C16H19Cl3N2O5S. The summed E-state index contributed by atoms with van der Waals surface area (Å²) in [5.74, 6) is -0.765. The molecule has 0 radical (unpaired) electrons. The standard InChI is InChI=1S/C16H19Cl3N2O5S/c1-7-5-10(14(23)25-6-16(17,18)19)21-12(22)11(13(21)27-7)20-15(24)26-8(2)9-3-4-9/h5,7-9,11,13H,3-4,6H2,1-2H3,(H,20,24)/t7?,8?,11?,13-/m0/s1. The number of rotatable bonds is 5. The van der Waals surface area contributed by atoms with Crippen molar-refractivity contribution in [2.45, 2.75) is 53.3 Å². The van der Waals surface area contributed by atoms with Crippen molar-refractivity contribution in [1.82, 2.24) is 10.2 Å². The predicted octanol–water partition coefficient (Wildman–Crippen LogP) is 2.98. The monoisotopic (exact) mass is 456 g/mol. The Balaban J connectivity index is 1.60. The van der Waals surface area contributed by atoms with Gasteiger partial charge in [0.25, 0.3) is 5.91 Å². The van der Waals surface area contributed by atoms with Crippen LogP contribution in [0.3, 0.4) is 0 Å². The molecular weight excluding hydrogens is 439 g/mol. The van der Waals surface area contributed by atoms with Crippen LogP contribution in [-0.4, -0.2) is 56.0 Å². The number of ether oxygens (including phenoxy) is 2. The van der Waals surface area contributed by atoms with Crippen molar-refractivity contribution < 1.29 is 23.9 Å². The quantitative estimate of drug-likeness (QED) is 0.388. The van der Waals surface area contributed by atoms with Gasteiger partial charge in [-0.1, -0.05) is 34.8 Å². The lowest BCUT2D eigenvalue weighted by atomic mass is 10.0. The first-order valence-corrected chi connectivity index (χ1v) is 10.6. The van der Waals surface area contributed by atoms with E-state index < -0.39 is 39.8 Å². The zero-order chi connectivity index (χ0) is 19.9. The van der Waals surface area contributed by atoms with Gasteiger partial charge in [-0.25, -0.2) is 9.59 Å². The van der Waals surface area contributed by atoms with Crippen LogP contribution in [0.15, 0.2) is 11.8 Å². The largest absolute Gasteiger partial charge is 0.456 e. The fourth-order valence-corrected chi connectivity index (χ4v) is 4.43. The van der Waals surface area contributed by atoms with E-state index in [1.165, 1.54) is 16.7 Å². The lowest BCUT2D eigenvalue weighted by molar-refractivity contribution is -0.151. The second kappa shape index (κ2) is 7.89. The van der Waals surface area contributed by atoms with Crippen LogP contribution in [0.5, 0.6) is 0 Å². The summed E-state index contributed by atoms with van der Waals surface area (Å²) in [7, 11) is 0. The Bertz CT molecular complexity index is 679. The summed E-state index contributed by atoms with van der Waals surface area (Å²) in [6, 6.07) is -0.763. The van der Waals surface area contributed by atoms with Crippen LogP contribution in [0, 0.1) is 5.92 Å². The number of hydrogen-bond acceptors (Lipinski definition) is 6. The van der Waals surface area contributed by atoms with Crippen LogP contribution in [0.2, 0.25) is 0 Å². The minimum Gasteiger partial charge on any atom is -0.456 e. The van der Waals surface area contributed by atoms with Crippen molar-refractivity contribution in [1.29, 1.82) is 0 Å². The van der Waals surface area contributed by atoms with Crippen LogP contribution >= 0.6 is 46.6 Å². The van der Waals surface area contributed by atoms with Gasteiger partial charge in [-0.05, 0) is 38.7 Å². The van der Waals surface area contributed by atoms with Gasteiger partial charge >= 0.3 is 12.1 Å². The number of fused-ring (bicyclic) bond motifs is 1. The highest BCUT2D eigenvalue weighted by atomic mass is 35.6. The Morgan fingerprint density at radius 3 is 2.67 bits per heavy atom. The molecule has 4 atom stereocenters. The minimum atomic E-state index is -1.74. The summed E-state index contributed by atoms with van der Waals surface area (Å²) in [6.45, 7) is 3.28. The van der Waals surface area contributed by atoms with Crippen molar-refractivity contribution in [2.75, 3.05) is 6.61 Å². The van der Waals surface area contributed by atoms with Gasteiger partial charge < -0.3 is 14.8 Å². The van der Waals surface area contributed by atoms with Crippen molar-refractivity contribution in [3.63, 3.8) is 0 Å². The van der Waals surface area contributed by atoms with Gasteiger partial charge in [-0.2, -0.15) is 0 Å². The van der Waals surface area contributed by atoms with Gasteiger partial charge in [0.05, 0.1) is 0 Å². The van der Waals surface area contributed by atoms with Crippen LogP contribution in [0.4, 0.5) is 4.79 Å². The average molecular weight is 458 g/mol. The number of halogens is 3. The zero-order valence-electron chi connectivity index (χ0n) is 14.6. The second-order valence-corrected chi connectivity index (χ2v) is 10.8. The molecule has 2 aliphatic heterocycles. The Kier molecular flexibility index (Phi) is 6.11. The molecule has 1 saturated carbocycles. The number of esters is 1. The van der Waals surface area contributed by atoms with Gasteiger partial charge in [0.2, 0.25) is 3.79 Å². The number of nitrogens with zero attached hydrogens (tertiary/aromatic N) is 1. The fraction of sp³-hybridized carbons (Fsp3) is 0.688. The third kappa shape index (κ3) is 4.96. The Labute approximate surface area is 176 Å². The Morgan fingerprint density at radius 1 is 1.41 bits per heavy atom.